The van der Waals surface area contributed by atoms with Crippen LogP contribution in [-0.4, -0.2) is 65.7 Å². The van der Waals surface area contributed by atoms with Crippen molar-refractivity contribution in [1.29, 1.82) is 0 Å². The molecular weight excluding hydrogens is 304 g/mol. The summed E-state index contributed by atoms with van der Waals surface area (Å²) in [5.74, 6) is 0.970. The number of likely N-dealkylation sites (tertiary alicyclic amines) is 2. The summed E-state index contributed by atoms with van der Waals surface area (Å²) < 4.78 is 5.70. The number of nitrogens with zero attached hydrogens (tertiary/aromatic N) is 2. The van der Waals surface area contributed by atoms with E-state index >= 15 is 0 Å². The number of para-hydroxylation sites is 1. The maximum absolute atomic E-state index is 12.4. The van der Waals surface area contributed by atoms with Gasteiger partial charge >= 0.3 is 0 Å². The van der Waals surface area contributed by atoms with Crippen molar-refractivity contribution in [3.8, 4) is 5.75 Å². The molecule has 0 bridgehead atoms. The Balaban J connectivity index is 1.43. The lowest BCUT2D eigenvalue weighted by Gasteiger charge is -2.38. The SMILES string of the molecule is O=C(CN1CCCCC1)N1CCC(O)(COc2ccccc2)CC1. The van der Waals surface area contributed by atoms with E-state index in [1.54, 1.807) is 0 Å². The molecule has 0 spiro atoms. The molecule has 1 amide bonds. The Labute approximate surface area is 144 Å². The fraction of sp³-hybridized carbons (Fsp3) is 0.632. The molecule has 2 fully saturated rings. The predicted molar refractivity (Wildman–Crippen MR) is 93.0 cm³/mol. The molecule has 0 atom stereocenters. The number of hydrogen-bond donors (Lipinski definition) is 1. The van der Waals surface area contributed by atoms with E-state index < -0.39 is 5.60 Å². The molecule has 5 heteroatoms. The highest BCUT2D eigenvalue weighted by Gasteiger charge is 2.35. The van der Waals surface area contributed by atoms with Gasteiger partial charge in [-0.3, -0.25) is 9.69 Å². The monoisotopic (exact) mass is 332 g/mol. The average Bonchev–Trinajstić information content (AvgIpc) is 2.62. The number of hydrogen-bond acceptors (Lipinski definition) is 4. The molecule has 2 aliphatic heterocycles. The molecule has 2 heterocycles. The first-order chi connectivity index (χ1) is 11.6. The molecule has 0 unspecified atom stereocenters. The van der Waals surface area contributed by atoms with Gasteiger partial charge in [0.25, 0.3) is 0 Å². The van der Waals surface area contributed by atoms with Crippen LogP contribution in [0.4, 0.5) is 0 Å². The normalized spacial score (nSPS) is 21.5. The van der Waals surface area contributed by atoms with Gasteiger partial charge in [0, 0.05) is 13.1 Å². The molecule has 0 radical (unpaired) electrons. The van der Waals surface area contributed by atoms with E-state index in [-0.39, 0.29) is 12.5 Å². The van der Waals surface area contributed by atoms with Crippen LogP contribution in [0.3, 0.4) is 0 Å². The quantitative estimate of drug-likeness (QED) is 0.895. The van der Waals surface area contributed by atoms with Gasteiger partial charge in [-0.2, -0.15) is 0 Å². The number of carbonyl (C=O) groups excluding carboxylic acids is 1. The van der Waals surface area contributed by atoms with Crippen molar-refractivity contribution in [2.45, 2.75) is 37.7 Å². The van der Waals surface area contributed by atoms with Crippen molar-refractivity contribution in [2.75, 3.05) is 39.3 Å². The van der Waals surface area contributed by atoms with Crippen LogP contribution < -0.4 is 4.74 Å². The summed E-state index contributed by atoms with van der Waals surface area (Å²) in [5, 5.41) is 10.7. The maximum Gasteiger partial charge on any atom is 0.236 e. The molecule has 132 valence electrons. The maximum atomic E-state index is 12.4. The molecule has 2 saturated heterocycles. The smallest absolute Gasteiger partial charge is 0.236 e. The van der Waals surface area contributed by atoms with Crippen LogP contribution in [-0.2, 0) is 4.79 Å². The molecule has 2 aliphatic rings. The number of aliphatic hydroxyl groups is 1. The summed E-state index contributed by atoms with van der Waals surface area (Å²) in [6.45, 7) is 4.11. The third kappa shape index (κ3) is 4.71. The fourth-order valence-electron chi connectivity index (χ4n) is 3.46. The Kier molecular flexibility index (Phi) is 5.74. The Morgan fingerprint density at radius 3 is 2.38 bits per heavy atom. The Hall–Kier alpha value is -1.59. The molecule has 24 heavy (non-hydrogen) atoms. The van der Waals surface area contributed by atoms with Gasteiger partial charge in [-0.25, -0.2) is 0 Å². The van der Waals surface area contributed by atoms with Crippen molar-refractivity contribution >= 4 is 5.91 Å². The van der Waals surface area contributed by atoms with E-state index in [2.05, 4.69) is 4.90 Å². The molecular formula is C19H28N2O3. The average molecular weight is 332 g/mol. The van der Waals surface area contributed by atoms with Gasteiger partial charge in [-0.05, 0) is 50.9 Å². The summed E-state index contributed by atoms with van der Waals surface area (Å²) in [6.07, 6.45) is 4.83. The van der Waals surface area contributed by atoms with Gasteiger partial charge in [0.1, 0.15) is 18.0 Å². The number of ether oxygens (including phenoxy) is 1. The Morgan fingerprint density at radius 2 is 1.71 bits per heavy atom. The third-order valence-electron chi connectivity index (χ3n) is 5.11. The zero-order valence-electron chi connectivity index (χ0n) is 14.3. The molecule has 1 aromatic rings. The van der Waals surface area contributed by atoms with Crippen LogP contribution in [0.25, 0.3) is 0 Å². The van der Waals surface area contributed by atoms with E-state index in [1.807, 2.05) is 35.2 Å². The van der Waals surface area contributed by atoms with Gasteiger partial charge in [0.2, 0.25) is 5.91 Å². The van der Waals surface area contributed by atoms with Crippen molar-refractivity contribution in [2.24, 2.45) is 0 Å². The molecule has 5 nitrogen and oxygen atoms in total. The summed E-state index contributed by atoms with van der Waals surface area (Å²) in [7, 11) is 0. The van der Waals surface area contributed by atoms with Crippen LogP contribution in [0, 0.1) is 0 Å². The minimum Gasteiger partial charge on any atom is -0.491 e. The molecule has 1 aromatic carbocycles. The first kappa shape index (κ1) is 17.2. The van der Waals surface area contributed by atoms with Gasteiger partial charge in [-0.1, -0.05) is 24.6 Å². The Morgan fingerprint density at radius 1 is 1.04 bits per heavy atom. The summed E-state index contributed by atoms with van der Waals surface area (Å²) >= 11 is 0. The largest absolute Gasteiger partial charge is 0.491 e. The van der Waals surface area contributed by atoms with E-state index in [1.165, 1.54) is 19.3 Å². The van der Waals surface area contributed by atoms with Crippen LogP contribution in [0.1, 0.15) is 32.1 Å². The van der Waals surface area contributed by atoms with Gasteiger partial charge < -0.3 is 14.7 Å². The van der Waals surface area contributed by atoms with Crippen molar-refractivity contribution < 1.29 is 14.6 Å². The van der Waals surface area contributed by atoms with Crippen LogP contribution >= 0.6 is 0 Å². The fourth-order valence-corrected chi connectivity index (χ4v) is 3.46. The highest BCUT2D eigenvalue weighted by atomic mass is 16.5. The van der Waals surface area contributed by atoms with E-state index in [0.717, 1.165) is 18.8 Å². The number of carbonyl (C=O) groups is 1. The highest BCUT2D eigenvalue weighted by Crippen LogP contribution is 2.24. The highest BCUT2D eigenvalue weighted by molar-refractivity contribution is 5.78. The summed E-state index contributed by atoms with van der Waals surface area (Å²) in [6, 6.07) is 9.55. The minimum absolute atomic E-state index is 0.197. The first-order valence-corrected chi connectivity index (χ1v) is 9.05. The molecule has 1 N–H and O–H groups in total. The lowest BCUT2D eigenvalue weighted by Crippen LogP contribution is -2.51. The Bertz CT molecular complexity index is 521. The van der Waals surface area contributed by atoms with Gasteiger partial charge in [0.05, 0.1) is 6.54 Å². The topological polar surface area (TPSA) is 53.0 Å². The van der Waals surface area contributed by atoms with E-state index in [9.17, 15) is 9.90 Å². The number of amides is 1. The zero-order chi connectivity index (χ0) is 16.8. The second kappa shape index (κ2) is 7.99. The van der Waals surface area contributed by atoms with Crippen LogP contribution in [0.2, 0.25) is 0 Å². The summed E-state index contributed by atoms with van der Waals surface area (Å²) in [4.78, 5) is 16.6. The van der Waals surface area contributed by atoms with Crippen LogP contribution in [0.15, 0.2) is 30.3 Å². The lowest BCUT2D eigenvalue weighted by atomic mass is 9.92. The number of rotatable bonds is 5. The standard InChI is InChI=1S/C19H28N2O3/c22-18(15-20-11-5-2-6-12-20)21-13-9-19(23,10-14-21)16-24-17-7-3-1-4-8-17/h1,3-4,7-8,23H,2,5-6,9-16H2. The van der Waals surface area contributed by atoms with Crippen molar-refractivity contribution in [3.05, 3.63) is 30.3 Å². The second-order valence-electron chi connectivity index (χ2n) is 7.04. The third-order valence-corrected chi connectivity index (χ3v) is 5.11. The van der Waals surface area contributed by atoms with Crippen molar-refractivity contribution in [1.82, 2.24) is 9.80 Å². The first-order valence-electron chi connectivity index (χ1n) is 9.05. The van der Waals surface area contributed by atoms with E-state index in [0.29, 0.717) is 32.5 Å². The number of piperidine rings is 2. The van der Waals surface area contributed by atoms with Gasteiger partial charge in [-0.15, -0.1) is 0 Å². The van der Waals surface area contributed by atoms with E-state index in [4.69, 9.17) is 4.74 Å². The van der Waals surface area contributed by atoms with Crippen molar-refractivity contribution in [3.63, 3.8) is 0 Å². The minimum atomic E-state index is -0.836. The summed E-state index contributed by atoms with van der Waals surface area (Å²) in [5.41, 5.74) is -0.836. The molecule has 3 rings (SSSR count). The molecule has 0 aliphatic carbocycles. The predicted octanol–water partition coefficient (Wildman–Crippen LogP) is 1.90. The van der Waals surface area contributed by atoms with Crippen LogP contribution in [0.5, 0.6) is 5.75 Å². The second-order valence-corrected chi connectivity index (χ2v) is 7.04. The molecule has 0 aromatic heterocycles. The molecule has 0 saturated carbocycles. The zero-order valence-corrected chi connectivity index (χ0v) is 14.3. The number of benzene rings is 1. The van der Waals surface area contributed by atoms with Gasteiger partial charge in [0.15, 0.2) is 0 Å². The lowest BCUT2D eigenvalue weighted by molar-refractivity contribution is -0.137.